The van der Waals surface area contributed by atoms with E-state index < -0.39 is 15.5 Å². The standard InChI is InChI=1S/C13H10N2O5/c1-9-4-2-3-5-12(9)20-13-7-6-10(14(16)17)8-11(13)15(18)19/h2-8H,1H3. The minimum Gasteiger partial charge on any atom is -0.450 e. The van der Waals surface area contributed by atoms with Crippen molar-refractivity contribution in [3.05, 3.63) is 68.3 Å². The SMILES string of the molecule is Cc1ccccc1Oc1ccc([N+](=O)[O-])cc1[N+](=O)[O-]. The van der Waals surface area contributed by atoms with Crippen molar-refractivity contribution in [3.63, 3.8) is 0 Å². The van der Waals surface area contributed by atoms with Gasteiger partial charge in [0.15, 0.2) is 0 Å². The fraction of sp³-hybridized carbons (Fsp3) is 0.0769. The lowest BCUT2D eigenvalue weighted by Crippen LogP contribution is -1.96. The Balaban J connectivity index is 2.44. The molecule has 0 fully saturated rings. The Morgan fingerprint density at radius 3 is 2.25 bits per heavy atom. The second kappa shape index (κ2) is 5.35. The molecule has 0 spiro atoms. The van der Waals surface area contributed by atoms with E-state index in [0.29, 0.717) is 5.75 Å². The Morgan fingerprint density at radius 2 is 1.65 bits per heavy atom. The van der Waals surface area contributed by atoms with Crippen LogP contribution in [0.1, 0.15) is 5.56 Å². The summed E-state index contributed by atoms with van der Waals surface area (Å²) in [5, 5.41) is 21.6. The molecule has 0 saturated carbocycles. The molecule has 102 valence electrons. The van der Waals surface area contributed by atoms with E-state index >= 15 is 0 Å². The smallest absolute Gasteiger partial charge is 0.318 e. The quantitative estimate of drug-likeness (QED) is 0.626. The van der Waals surface area contributed by atoms with Crippen molar-refractivity contribution >= 4 is 11.4 Å². The van der Waals surface area contributed by atoms with Crippen LogP contribution in [0.2, 0.25) is 0 Å². The molecule has 0 aliphatic heterocycles. The topological polar surface area (TPSA) is 95.5 Å². The molecule has 2 aromatic carbocycles. The number of hydrogen-bond acceptors (Lipinski definition) is 5. The first-order chi connectivity index (χ1) is 9.49. The molecule has 0 atom stereocenters. The zero-order valence-electron chi connectivity index (χ0n) is 10.5. The summed E-state index contributed by atoms with van der Waals surface area (Å²) in [5.74, 6) is 0.430. The predicted octanol–water partition coefficient (Wildman–Crippen LogP) is 3.60. The number of rotatable bonds is 4. The van der Waals surface area contributed by atoms with Crippen LogP contribution in [0.25, 0.3) is 0 Å². The molecule has 0 bridgehead atoms. The largest absolute Gasteiger partial charge is 0.450 e. The highest BCUT2D eigenvalue weighted by Gasteiger charge is 2.21. The lowest BCUT2D eigenvalue weighted by atomic mass is 10.2. The second-order valence-corrected chi connectivity index (χ2v) is 4.03. The molecule has 20 heavy (non-hydrogen) atoms. The molecule has 0 N–H and O–H groups in total. The van der Waals surface area contributed by atoms with Crippen LogP contribution in [0.15, 0.2) is 42.5 Å². The molecule has 7 nitrogen and oxygen atoms in total. The first kappa shape index (κ1) is 13.5. The van der Waals surface area contributed by atoms with Crippen molar-refractivity contribution in [2.24, 2.45) is 0 Å². The van der Waals surface area contributed by atoms with E-state index in [-0.39, 0.29) is 11.4 Å². The van der Waals surface area contributed by atoms with Crippen LogP contribution in [0.4, 0.5) is 11.4 Å². The zero-order chi connectivity index (χ0) is 14.7. The van der Waals surface area contributed by atoms with Gasteiger partial charge in [-0.25, -0.2) is 0 Å². The second-order valence-electron chi connectivity index (χ2n) is 4.03. The van der Waals surface area contributed by atoms with E-state index in [9.17, 15) is 20.2 Å². The van der Waals surface area contributed by atoms with Crippen molar-refractivity contribution < 1.29 is 14.6 Å². The molecule has 0 aliphatic rings. The predicted molar refractivity (Wildman–Crippen MR) is 71.0 cm³/mol. The average Bonchev–Trinajstić information content (AvgIpc) is 2.41. The van der Waals surface area contributed by atoms with Crippen LogP contribution in [0, 0.1) is 27.2 Å². The Labute approximate surface area is 113 Å². The molecule has 7 heteroatoms. The minimum atomic E-state index is -0.708. The van der Waals surface area contributed by atoms with Gasteiger partial charge in [-0.2, -0.15) is 0 Å². The summed E-state index contributed by atoms with van der Waals surface area (Å²) >= 11 is 0. The molecule has 2 rings (SSSR count). The van der Waals surface area contributed by atoms with Gasteiger partial charge in [-0.1, -0.05) is 18.2 Å². The molecule has 2 aromatic rings. The molecule has 0 radical (unpaired) electrons. The first-order valence-electron chi connectivity index (χ1n) is 5.65. The van der Waals surface area contributed by atoms with E-state index in [2.05, 4.69) is 0 Å². The van der Waals surface area contributed by atoms with Gasteiger partial charge in [-0.15, -0.1) is 0 Å². The number of nitro groups is 2. The van der Waals surface area contributed by atoms with Gasteiger partial charge < -0.3 is 4.74 Å². The molecular weight excluding hydrogens is 264 g/mol. The van der Waals surface area contributed by atoms with E-state index in [1.807, 2.05) is 6.07 Å². The van der Waals surface area contributed by atoms with Crippen molar-refractivity contribution in [2.75, 3.05) is 0 Å². The highest BCUT2D eigenvalue weighted by molar-refractivity contribution is 5.55. The lowest BCUT2D eigenvalue weighted by molar-refractivity contribution is -0.394. The Kier molecular flexibility index (Phi) is 3.60. The molecule has 0 aromatic heterocycles. The maximum absolute atomic E-state index is 11.0. The molecule has 0 amide bonds. The third-order valence-corrected chi connectivity index (χ3v) is 2.66. The van der Waals surface area contributed by atoms with Crippen molar-refractivity contribution in [1.29, 1.82) is 0 Å². The minimum absolute atomic E-state index is 0.0325. The average molecular weight is 274 g/mol. The fourth-order valence-electron chi connectivity index (χ4n) is 1.64. The summed E-state index contributed by atoms with van der Waals surface area (Å²) in [6, 6.07) is 10.3. The fourth-order valence-corrected chi connectivity index (χ4v) is 1.64. The third kappa shape index (κ3) is 2.72. The number of hydrogen-bond donors (Lipinski definition) is 0. The van der Waals surface area contributed by atoms with E-state index in [4.69, 9.17) is 4.74 Å². The molecule has 0 unspecified atom stereocenters. The van der Waals surface area contributed by atoms with Crippen molar-refractivity contribution in [2.45, 2.75) is 6.92 Å². The van der Waals surface area contributed by atoms with Gasteiger partial charge in [0.25, 0.3) is 5.69 Å². The monoisotopic (exact) mass is 274 g/mol. The van der Waals surface area contributed by atoms with E-state index in [0.717, 1.165) is 11.6 Å². The summed E-state index contributed by atoms with van der Waals surface area (Å²) in [4.78, 5) is 20.2. The van der Waals surface area contributed by atoms with E-state index in [1.54, 1.807) is 25.1 Å². The van der Waals surface area contributed by atoms with Crippen LogP contribution < -0.4 is 4.74 Å². The summed E-state index contributed by atoms with van der Waals surface area (Å²) in [5.41, 5.74) is 0.0106. The maximum Gasteiger partial charge on any atom is 0.318 e. The van der Waals surface area contributed by atoms with Crippen LogP contribution >= 0.6 is 0 Å². The molecular formula is C13H10N2O5. The highest BCUT2D eigenvalue weighted by Crippen LogP contribution is 2.35. The Bertz CT molecular complexity index is 684. The van der Waals surface area contributed by atoms with Crippen molar-refractivity contribution in [1.82, 2.24) is 0 Å². The van der Waals surface area contributed by atoms with Gasteiger partial charge in [0.05, 0.1) is 15.9 Å². The van der Waals surface area contributed by atoms with Crippen LogP contribution in [0.5, 0.6) is 11.5 Å². The van der Waals surface area contributed by atoms with Gasteiger partial charge in [-0.3, -0.25) is 20.2 Å². The number of non-ortho nitro benzene ring substituents is 1. The third-order valence-electron chi connectivity index (χ3n) is 2.66. The Hall–Kier alpha value is -2.96. The number of para-hydroxylation sites is 1. The lowest BCUT2D eigenvalue weighted by Gasteiger charge is -2.08. The normalized spacial score (nSPS) is 10.1. The number of benzene rings is 2. The van der Waals surface area contributed by atoms with Gasteiger partial charge in [0, 0.05) is 6.07 Å². The number of aryl methyl sites for hydroxylation is 1. The summed E-state index contributed by atoms with van der Waals surface area (Å²) in [6.45, 7) is 1.80. The van der Waals surface area contributed by atoms with Crippen LogP contribution in [-0.4, -0.2) is 9.85 Å². The summed E-state index contributed by atoms with van der Waals surface area (Å²) < 4.78 is 5.47. The summed E-state index contributed by atoms with van der Waals surface area (Å²) in [7, 11) is 0. The van der Waals surface area contributed by atoms with Gasteiger partial charge in [0.1, 0.15) is 5.75 Å². The van der Waals surface area contributed by atoms with Gasteiger partial charge in [-0.05, 0) is 24.6 Å². The van der Waals surface area contributed by atoms with Gasteiger partial charge >= 0.3 is 5.69 Å². The highest BCUT2D eigenvalue weighted by atomic mass is 16.6. The number of nitro benzene ring substituents is 2. The Morgan fingerprint density at radius 1 is 0.950 bits per heavy atom. The maximum atomic E-state index is 11.0. The van der Waals surface area contributed by atoms with Crippen LogP contribution in [-0.2, 0) is 0 Å². The summed E-state index contributed by atoms with van der Waals surface area (Å²) in [6.07, 6.45) is 0. The molecule has 0 saturated heterocycles. The van der Waals surface area contributed by atoms with Crippen LogP contribution in [0.3, 0.4) is 0 Å². The number of ether oxygens (including phenoxy) is 1. The zero-order valence-corrected chi connectivity index (χ0v) is 10.5. The number of nitrogens with zero attached hydrogens (tertiary/aromatic N) is 2. The van der Waals surface area contributed by atoms with Crippen molar-refractivity contribution in [3.8, 4) is 11.5 Å². The van der Waals surface area contributed by atoms with Gasteiger partial charge in [0.2, 0.25) is 5.75 Å². The first-order valence-corrected chi connectivity index (χ1v) is 5.65. The molecule has 0 heterocycles. The van der Waals surface area contributed by atoms with E-state index in [1.165, 1.54) is 12.1 Å². The molecule has 0 aliphatic carbocycles.